The van der Waals surface area contributed by atoms with Gasteiger partial charge in [0.25, 0.3) is 0 Å². The van der Waals surface area contributed by atoms with Gasteiger partial charge in [0.05, 0.1) is 5.75 Å². The SMILES string of the molecule is CC(C)C(CNS(=O)(=O)Cc1ccccc1Cl)N1CCN(C)CC1. The molecule has 0 radical (unpaired) electrons. The molecule has 1 aliphatic heterocycles. The molecule has 5 nitrogen and oxygen atoms in total. The molecule has 0 amide bonds. The van der Waals surface area contributed by atoms with E-state index in [4.69, 9.17) is 11.6 Å². The Bertz CT molecular complexity index is 628. The zero-order chi connectivity index (χ0) is 17.7. The molecule has 1 N–H and O–H groups in total. The van der Waals surface area contributed by atoms with Gasteiger partial charge in [-0.3, -0.25) is 4.90 Å². The molecule has 1 aromatic carbocycles. The summed E-state index contributed by atoms with van der Waals surface area (Å²) >= 11 is 6.07. The van der Waals surface area contributed by atoms with Crippen molar-refractivity contribution in [1.29, 1.82) is 0 Å². The van der Waals surface area contributed by atoms with E-state index in [2.05, 4.69) is 35.4 Å². The van der Waals surface area contributed by atoms with Crippen molar-refractivity contribution >= 4 is 21.6 Å². The number of benzene rings is 1. The second-order valence-corrected chi connectivity index (χ2v) is 9.06. The monoisotopic (exact) mass is 373 g/mol. The lowest BCUT2D eigenvalue weighted by Gasteiger charge is -2.39. The van der Waals surface area contributed by atoms with E-state index in [1.165, 1.54) is 0 Å². The normalized spacial score (nSPS) is 18.9. The Morgan fingerprint density at radius 2 is 1.79 bits per heavy atom. The standard InChI is InChI=1S/C17H28ClN3O2S/c1-14(2)17(21-10-8-20(3)9-11-21)12-19-24(22,23)13-15-6-4-5-7-16(15)18/h4-7,14,17,19H,8-13H2,1-3H3. The van der Waals surface area contributed by atoms with Gasteiger partial charge in [0.2, 0.25) is 10.0 Å². The minimum Gasteiger partial charge on any atom is -0.304 e. The van der Waals surface area contributed by atoms with Gasteiger partial charge in [0, 0.05) is 43.8 Å². The summed E-state index contributed by atoms with van der Waals surface area (Å²) < 4.78 is 27.6. The number of rotatable bonds is 7. The first kappa shape index (κ1) is 19.7. The van der Waals surface area contributed by atoms with Gasteiger partial charge in [-0.25, -0.2) is 13.1 Å². The predicted molar refractivity (Wildman–Crippen MR) is 99.8 cm³/mol. The predicted octanol–water partition coefficient (Wildman–Crippen LogP) is 2.03. The Morgan fingerprint density at radius 3 is 2.38 bits per heavy atom. The quantitative estimate of drug-likeness (QED) is 0.794. The van der Waals surface area contributed by atoms with E-state index in [1.807, 2.05) is 0 Å². The smallest absolute Gasteiger partial charge is 0.215 e. The molecule has 1 heterocycles. The molecule has 0 aliphatic carbocycles. The second-order valence-electron chi connectivity index (χ2n) is 6.85. The van der Waals surface area contributed by atoms with Crippen molar-refractivity contribution in [2.75, 3.05) is 39.8 Å². The molecule has 1 saturated heterocycles. The minimum absolute atomic E-state index is 0.0831. The molecule has 136 valence electrons. The Kier molecular flexibility index (Phi) is 7.07. The molecule has 0 saturated carbocycles. The van der Waals surface area contributed by atoms with Gasteiger partial charge >= 0.3 is 0 Å². The number of sulfonamides is 1. The molecule has 24 heavy (non-hydrogen) atoms. The highest BCUT2D eigenvalue weighted by Crippen LogP contribution is 2.18. The molecule has 1 atom stereocenters. The Balaban J connectivity index is 1.96. The number of nitrogens with zero attached hydrogens (tertiary/aromatic N) is 2. The molecule has 0 aromatic heterocycles. The van der Waals surface area contributed by atoms with E-state index >= 15 is 0 Å². The topological polar surface area (TPSA) is 52.7 Å². The van der Waals surface area contributed by atoms with Gasteiger partial charge in [-0.15, -0.1) is 0 Å². The van der Waals surface area contributed by atoms with Gasteiger partial charge in [-0.05, 0) is 24.6 Å². The highest BCUT2D eigenvalue weighted by atomic mass is 35.5. The lowest BCUT2D eigenvalue weighted by molar-refractivity contribution is 0.0905. The second kappa shape index (κ2) is 8.63. The molecular weight excluding hydrogens is 346 g/mol. The van der Waals surface area contributed by atoms with Crippen LogP contribution in [0.4, 0.5) is 0 Å². The highest BCUT2D eigenvalue weighted by molar-refractivity contribution is 7.88. The first-order valence-electron chi connectivity index (χ1n) is 8.42. The lowest BCUT2D eigenvalue weighted by atomic mass is 10.0. The summed E-state index contributed by atoms with van der Waals surface area (Å²) in [5, 5.41) is 0.488. The molecule has 1 aliphatic rings. The van der Waals surface area contributed by atoms with Crippen LogP contribution in [0.1, 0.15) is 19.4 Å². The van der Waals surface area contributed by atoms with E-state index in [9.17, 15) is 8.42 Å². The zero-order valence-corrected chi connectivity index (χ0v) is 16.3. The summed E-state index contributed by atoms with van der Waals surface area (Å²) in [6.45, 7) is 8.73. The Morgan fingerprint density at radius 1 is 1.17 bits per heavy atom. The van der Waals surface area contributed by atoms with Crippen LogP contribution in [-0.2, 0) is 15.8 Å². The number of hydrogen-bond donors (Lipinski definition) is 1. The first-order chi connectivity index (χ1) is 11.3. The third-order valence-electron chi connectivity index (χ3n) is 4.59. The molecule has 2 rings (SSSR count). The number of halogens is 1. The Hall–Kier alpha value is -0.660. The first-order valence-corrected chi connectivity index (χ1v) is 10.4. The van der Waals surface area contributed by atoms with Crippen LogP contribution < -0.4 is 4.72 Å². The highest BCUT2D eigenvalue weighted by Gasteiger charge is 2.26. The maximum absolute atomic E-state index is 12.4. The van der Waals surface area contributed by atoms with Crippen LogP contribution in [0.25, 0.3) is 0 Å². The molecule has 1 unspecified atom stereocenters. The fourth-order valence-electron chi connectivity index (χ4n) is 3.02. The number of likely N-dealkylation sites (N-methyl/N-ethyl adjacent to an activating group) is 1. The van der Waals surface area contributed by atoms with Crippen molar-refractivity contribution in [3.05, 3.63) is 34.9 Å². The van der Waals surface area contributed by atoms with Crippen LogP contribution in [0.2, 0.25) is 5.02 Å². The summed E-state index contributed by atoms with van der Waals surface area (Å²) in [7, 11) is -1.29. The van der Waals surface area contributed by atoms with Crippen LogP contribution in [0, 0.1) is 5.92 Å². The zero-order valence-electron chi connectivity index (χ0n) is 14.7. The molecule has 1 aromatic rings. The van der Waals surface area contributed by atoms with Gasteiger partial charge < -0.3 is 4.90 Å². The average Bonchev–Trinajstić information content (AvgIpc) is 2.51. The third-order valence-corrected chi connectivity index (χ3v) is 6.26. The van der Waals surface area contributed by atoms with Gasteiger partial charge in [0.15, 0.2) is 0 Å². The molecule has 1 fully saturated rings. The van der Waals surface area contributed by atoms with Crippen LogP contribution in [0.3, 0.4) is 0 Å². The molecular formula is C17H28ClN3O2S. The minimum atomic E-state index is -3.41. The molecule has 0 bridgehead atoms. The van der Waals surface area contributed by atoms with E-state index in [1.54, 1.807) is 24.3 Å². The third kappa shape index (κ3) is 5.70. The van der Waals surface area contributed by atoms with Crippen LogP contribution in [0.5, 0.6) is 0 Å². The fraction of sp³-hybridized carbons (Fsp3) is 0.647. The maximum atomic E-state index is 12.4. The maximum Gasteiger partial charge on any atom is 0.215 e. The number of piperazine rings is 1. The summed E-state index contributed by atoms with van der Waals surface area (Å²) in [6, 6.07) is 7.28. The van der Waals surface area contributed by atoms with Crippen molar-refractivity contribution in [3.63, 3.8) is 0 Å². The van der Waals surface area contributed by atoms with Crippen molar-refractivity contribution in [1.82, 2.24) is 14.5 Å². The number of hydrogen-bond acceptors (Lipinski definition) is 4. The fourth-order valence-corrected chi connectivity index (χ4v) is 4.49. The molecule has 7 heteroatoms. The van der Waals surface area contributed by atoms with Crippen LogP contribution in [0.15, 0.2) is 24.3 Å². The summed E-state index contributed by atoms with van der Waals surface area (Å²) in [6.07, 6.45) is 0. The van der Waals surface area contributed by atoms with Gasteiger partial charge in [-0.2, -0.15) is 0 Å². The number of nitrogens with one attached hydrogen (secondary N) is 1. The van der Waals surface area contributed by atoms with E-state index in [0.29, 0.717) is 23.0 Å². The van der Waals surface area contributed by atoms with Gasteiger partial charge in [-0.1, -0.05) is 43.6 Å². The summed E-state index contributed by atoms with van der Waals surface area (Å²) in [5.74, 6) is 0.302. The summed E-state index contributed by atoms with van der Waals surface area (Å²) in [4.78, 5) is 4.69. The van der Waals surface area contributed by atoms with Crippen LogP contribution in [-0.4, -0.2) is 64.0 Å². The van der Waals surface area contributed by atoms with Crippen molar-refractivity contribution in [2.45, 2.75) is 25.6 Å². The van der Waals surface area contributed by atoms with E-state index < -0.39 is 10.0 Å². The lowest BCUT2D eigenvalue weighted by Crippen LogP contribution is -2.54. The average molecular weight is 374 g/mol. The van der Waals surface area contributed by atoms with Crippen molar-refractivity contribution in [2.24, 2.45) is 5.92 Å². The Labute approximate surface area is 151 Å². The molecule has 0 spiro atoms. The largest absolute Gasteiger partial charge is 0.304 e. The van der Waals surface area contributed by atoms with Gasteiger partial charge in [0.1, 0.15) is 0 Å². The van der Waals surface area contributed by atoms with Crippen molar-refractivity contribution < 1.29 is 8.42 Å². The van der Waals surface area contributed by atoms with E-state index in [-0.39, 0.29) is 11.8 Å². The van der Waals surface area contributed by atoms with Crippen molar-refractivity contribution in [3.8, 4) is 0 Å². The van der Waals surface area contributed by atoms with E-state index in [0.717, 1.165) is 26.2 Å². The van der Waals surface area contributed by atoms with Crippen LogP contribution >= 0.6 is 11.6 Å². The summed E-state index contributed by atoms with van der Waals surface area (Å²) in [5.41, 5.74) is 0.632.